The molecule has 0 aliphatic heterocycles. The number of carbonyl (C=O) groups excluding carboxylic acids is 1. The van der Waals surface area contributed by atoms with Gasteiger partial charge in [0.05, 0.1) is 12.0 Å². The quantitative estimate of drug-likeness (QED) is 0.360. The molecule has 33 heavy (non-hydrogen) atoms. The number of imidazole rings is 1. The maximum absolute atomic E-state index is 13.0. The molecule has 0 saturated carbocycles. The first-order chi connectivity index (χ1) is 16.1. The zero-order valence-electron chi connectivity index (χ0n) is 17.8. The average molecular weight is 458 g/mol. The Hall–Kier alpha value is -4.10. The van der Waals surface area contributed by atoms with Crippen molar-refractivity contribution in [3.8, 4) is 17.1 Å². The highest BCUT2D eigenvalue weighted by Crippen LogP contribution is 2.26. The molecular formula is C25H20ClN5O2. The van der Waals surface area contributed by atoms with E-state index >= 15 is 0 Å². The normalized spacial score (nSPS) is 11.0. The van der Waals surface area contributed by atoms with Crippen molar-refractivity contribution in [2.75, 3.05) is 5.32 Å². The molecule has 1 amide bonds. The molecule has 0 atom stereocenters. The van der Waals surface area contributed by atoms with Gasteiger partial charge in [0.15, 0.2) is 11.5 Å². The number of nitrogens with one attached hydrogen (secondary N) is 1. The van der Waals surface area contributed by atoms with Crippen LogP contribution in [0.3, 0.4) is 0 Å². The molecule has 0 bridgehead atoms. The van der Waals surface area contributed by atoms with Gasteiger partial charge in [-0.15, -0.1) is 0 Å². The second kappa shape index (κ2) is 8.80. The first-order valence-corrected chi connectivity index (χ1v) is 10.7. The SMILES string of the molecule is Cc1nccn1Cc1ccc(NC(=O)c2cc(-c3ccco3)n(-c3cccc(Cl)c3)n2)cc1. The van der Waals surface area contributed by atoms with E-state index in [9.17, 15) is 4.79 Å². The Kier molecular flexibility index (Phi) is 5.54. The van der Waals surface area contributed by atoms with Gasteiger partial charge in [0.25, 0.3) is 5.91 Å². The first-order valence-electron chi connectivity index (χ1n) is 10.3. The molecule has 8 heteroatoms. The lowest BCUT2D eigenvalue weighted by Gasteiger charge is -2.07. The number of aryl methyl sites for hydroxylation is 1. The van der Waals surface area contributed by atoms with Gasteiger partial charge in [0, 0.05) is 35.7 Å². The lowest BCUT2D eigenvalue weighted by molar-refractivity contribution is 0.102. The predicted octanol–water partition coefficient (Wildman–Crippen LogP) is 5.59. The van der Waals surface area contributed by atoms with Crippen LogP contribution in [0.5, 0.6) is 0 Å². The summed E-state index contributed by atoms with van der Waals surface area (Å²) in [6.45, 7) is 2.69. The van der Waals surface area contributed by atoms with Crippen LogP contribution >= 0.6 is 11.6 Å². The minimum atomic E-state index is -0.318. The Bertz CT molecular complexity index is 1400. The van der Waals surface area contributed by atoms with Crippen LogP contribution in [0.15, 0.2) is 89.8 Å². The van der Waals surface area contributed by atoms with Crippen LogP contribution in [-0.2, 0) is 6.54 Å². The van der Waals surface area contributed by atoms with Crippen LogP contribution in [0.2, 0.25) is 5.02 Å². The Morgan fingerprint density at radius 2 is 1.94 bits per heavy atom. The number of hydrogen-bond donors (Lipinski definition) is 1. The Balaban J connectivity index is 1.38. The number of carbonyl (C=O) groups is 1. The highest BCUT2D eigenvalue weighted by atomic mass is 35.5. The van der Waals surface area contributed by atoms with Crippen LogP contribution in [0.4, 0.5) is 5.69 Å². The van der Waals surface area contributed by atoms with Gasteiger partial charge in [-0.1, -0.05) is 29.8 Å². The van der Waals surface area contributed by atoms with Crippen LogP contribution in [-0.4, -0.2) is 25.2 Å². The van der Waals surface area contributed by atoms with Gasteiger partial charge in [-0.3, -0.25) is 4.79 Å². The largest absolute Gasteiger partial charge is 0.463 e. The van der Waals surface area contributed by atoms with E-state index in [2.05, 4.69) is 20.0 Å². The molecule has 0 aliphatic carbocycles. The average Bonchev–Trinajstić information content (AvgIpc) is 3.56. The van der Waals surface area contributed by atoms with Crippen molar-refractivity contribution in [3.05, 3.63) is 107 Å². The van der Waals surface area contributed by atoms with E-state index in [4.69, 9.17) is 16.0 Å². The summed E-state index contributed by atoms with van der Waals surface area (Å²) in [6.07, 6.45) is 5.30. The van der Waals surface area contributed by atoms with Crippen LogP contribution in [0.1, 0.15) is 21.9 Å². The number of amides is 1. The molecule has 164 valence electrons. The number of anilines is 1. The summed E-state index contributed by atoms with van der Waals surface area (Å²) in [5.41, 5.74) is 3.44. The second-order valence-corrected chi connectivity index (χ2v) is 7.97. The molecule has 3 heterocycles. The number of nitrogens with zero attached hydrogens (tertiary/aromatic N) is 4. The van der Waals surface area contributed by atoms with Crippen molar-refractivity contribution < 1.29 is 9.21 Å². The highest BCUT2D eigenvalue weighted by molar-refractivity contribution is 6.30. The Morgan fingerprint density at radius 1 is 1.09 bits per heavy atom. The third-order valence-electron chi connectivity index (χ3n) is 5.26. The second-order valence-electron chi connectivity index (χ2n) is 7.54. The van der Waals surface area contributed by atoms with Crippen molar-refractivity contribution in [2.24, 2.45) is 0 Å². The Morgan fingerprint density at radius 3 is 2.64 bits per heavy atom. The summed E-state index contributed by atoms with van der Waals surface area (Å²) in [4.78, 5) is 17.2. The molecule has 0 saturated heterocycles. The highest BCUT2D eigenvalue weighted by Gasteiger charge is 2.18. The predicted molar refractivity (Wildman–Crippen MR) is 127 cm³/mol. The number of furan rings is 1. The lowest BCUT2D eigenvalue weighted by Crippen LogP contribution is -2.13. The van der Waals surface area contributed by atoms with Gasteiger partial charge in [-0.2, -0.15) is 5.10 Å². The van der Waals surface area contributed by atoms with Crippen molar-refractivity contribution in [2.45, 2.75) is 13.5 Å². The molecule has 7 nitrogen and oxygen atoms in total. The topological polar surface area (TPSA) is 77.9 Å². The maximum Gasteiger partial charge on any atom is 0.276 e. The van der Waals surface area contributed by atoms with Gasteiger partial charge >= 0.3 is 0 Å². The van der Waals surface area contributed by atoms with Gasteiger partial charge in [-0.25, -0.2) is 9.67 Å². The number of rotatable bonds is 6. The van der Waals surface area contributed by atoms with Gasteiger partial charge < -0.3 is 14.3 Å². The maximum atomic E-state index is 13.0. The molecule has 2 aromatic carbocycles. The number of hydrogen-bond acceptors (Lipinski definition) is 4. The third kappa shape index (κ3) is 4.44. The van der Waals surface area contributed by atoms with E-state index in [1.165, 1.54) is 0 Å². The van der Waals surface area contributed by atoms with E-state index in [0.717, 1.165) is 23.6 Å². The third-order valence-corrected chi connectivity index (χ3v) is 5.49. The Labute approximate surface area is 195 Å². The van der Waals surface area contributed by atoms with Crippen molar-refractivity contribution in [1.82, 2.24) is 19.3 Å². The molecule has 1 N–H and O–H groups in total. The fourth-order valence-corrected chi connectivity index (χ4v) is 3.74. The fourth-order valence-electron chi connectivity index (χ4n) is 3.55. The zero-order chi connectivity index (χ0) is 22.8. The molecule has 0 radical (unpaired) electrons. The van der Waals surface area contributed by atoms with E-state index in [-0.39, 0.29) is 11.6 Å². The molecule has 0 spiro atoms. The van der Waals surface area contributed by atoms with E-state index < -0.39 is 0 Å². The molecule has 0 unspecified atom stereocenters. The van der Waals surface area contributed by atoms with Crippen LogP contribution in [0.25, 0.3) is 17.1 Å². The van der Waals surface area contributed by atoms with E-state index in [0.29, 0.717) is 22.2 Å². The fraction of sp³-hybridized carbons (Fsp3) is 0.0800. The summed E-state index contributed by atoms with van der Waals surface area (Å²) in [7, 11) is 0. The molecule has 3 aromatic heterocycles. The summed E-state index contributed by atoms with van der Waals surface area (Å²) >= 11 is 6.17. The smallest absolute Gasteiger partial charge is 0.276 e. The summed E-state index contributed by atoms with van der Waals surface area (Å²) in [6, 6.07) is 20.3. The molecule has 5 aromatic rings. The van der Waals surface area contributed by atoms with Crippen molar-refractivity contribution in [1.29, 1.82) is 0 Å². The number of benzene rings is 2. The summed E-state index contributed by atoms with van der Waals surface area (Å²) in [5, 5.41) is 8.01. The van der Waals surface area contributed by atoms with Gasteiger partial charge in [-0.05, 0) is 55.0 Å². The molecule has 0 aliphatic rings. The minimum absolute atomic E-state index is 0.263. The number of halogens is 1. The first kappa shape index (κ1) is 20.8. The standard InChI is InChI=1S/C25H20ClN5O2/c1-17-27-11-12-30(17)16-18-7-9-20(10-8-18)28-25(32)22-15-23(24-6-3-13-33-24)31(29-22)21-5-2-4-19(26)14-21/h2-15H,16H2,1H3,(H,28,32). The summed E-state index contributed by atoms with van der Waals surface area (Å²) in [5.74, 6) is 1.23. The van der Waals surface area contributed by atoms with E-state index in [1.807, 2.05) is 55.6 Å². The minimum Gasteiger partial charge on any atom is -0.463 e. The van der Waals surface area contributed by atoms with Crippen molar-refractivity contribution in [3.63, 3.8) is 0 Å². The van der Waals surface area contributed by atoms with Crippen molar-refractivity contribution >= 4 is 23.2 Å². The van der Waals surface area contributed by atoms with Crippen LogP contribution < -0.4 is 5.32 Å². The lowest BCUT2D eigenvalue weighted by atomic mass is 10.2. The molecule has 5 rings (SSSR count). The molecule has 0 fully saturated rings. The van der Waals surface area contributed by atoms with Gasteiger partial charge in [0.2, 0.25) is 0 Å². The van der Waals surface area contributed by atoms with Crippen LogP contribution in [0, 0.1) is 6.92 Å². The van der Waals surface area contributed by atoms with E-state index in [1.54, 1.807) is 41.4 Å². The van der Waals surface area contributed by atoms with Gasteiger partial charge in [0.1, 0.15) is 11.5 Å². The number of aromatic nitrogens is 4. The molecular weight excluding hydrogens is 438 g/mol. The monoisotopic (exact) mass is 457 g/mol. The summed E-state index contributed by atoms with van der Waals surface area (Å²) < 4.78 is 9.27. The zero-order valence-corrected chi connectivity index (χ0v) is 18.5.